The van der Waals surface area contributed by atoms with Crippen molar-refractivity contribution in [1.29, 1.82) is 0 Å². The van der Waals surface area contributed by atoms with Crippen LogP contribution < -0.4 is 10.6 Å². The fourth-order valence-corrected chi connectivity index (χ4v) is 3.60. The van der Waals surface area contributed by atoms with E-state index in [2.05, 4.69) is 34.4 Å². The van der Waals surface area contributed by atoms with Crippen molar-refractivity contribution in [2.75, 3.05) is 46.9 Å². The van der Waals surface area contributed by atoms with Gasteiger partial charge in [-0.25, -0.2) is 4.99 Å². The van der Waals surface area contributed by atoms with Crippen LogP contribution >= 0.6 is 0 Å². The summed E-state index contributed by atoms with van der Waals surface area (Å²) in [5.74, 6) is 0.834. The van der Waals surface area contributed by atoms with Gasteiger partial charge in [-0.15, -0.1) is 0 Å². The topological polar surface area (TPSA) is 69.2 Å². The minimum atomic E-state index is 0.0301. The highest BCUT2D eigenvalue weighted by Gasteiger charge is 2.22. The zero-order valence-electron chi connectivity index (χ0n) is 17.7. The van der Waals surface area contributed by atoms with E-state index < -0.39 is 0 Å². The zero-order valence-corrected chi connectivity index (χ0v) is 17.7. The highest BCUT2D eigenvalue weighted by molar-refractivity contribution is 5.85. The maximum Gasteiger partial charge on any atom is 0.243 e. The molecule has 1 aliphatic carbocycles. The molecule has 1 saturated carbocycles. The number of likely N-dealkylation sites (N-methyl/N-ethyl adjacent to an activating group) is 1. The van der Waals surface area contributed by atoms with Crippen molar-refractivity contribution in [1.82, 2.24) is 20.4 Å². The van der Waals surface area contributed by atoms with E-state index in [9.17, 15) is 4.79 Å². The lowest BCUT2D eigenvalue weighted by atomic mass is 10.1. The second-order valence-corrected chi connectivity index (χ2v) is 8.26. The van der Waals surface area contributed by atoms with Crippen molar-refractivity contribution in [3.63, 3.8) is 0 Å². The lowest BCUT2D eigenvalue weighted by molar-refractivity contribution is -0.127. The summed E-state index contributed by atoms with van der Waals surface area (Å²) < 4.78 is 5.66. The van der Waals surface area contributed by atoms with Gasteiger partial charge in [0.05, 0.1) is 12.7 Å². The molecule has 0 atom stereocenters. The Bertz CT molecular complexity index is 467. The number of likely N-dealkylation sites (tertiary alicyclic amines) is 1. The molecule has 0 spiro atoms. The molecule has 1 saturated heterocycles. The van der Waals surface area contributed by atoms with E-state index in [-0.39, 0.29) is 12.5 Å². The van der Waals surface area contributed by atoms with Crippen molar-refractivity contribution in [2.24, 2.45) is 4.99 Å². The summed E-state index contributed by atoms with van der Waals surface area (Å²) >= 11 is 0. The van der Waals surface area contributed by atoms with Crippen LogP contribution in [0.1, 0.15) is 52.4 Å². The SMILES string of the molecule is CC(C)OCCN1CCC(NC(=NCC(=O)N(C)C)NC2CCCC2)CC1. The first kappa shape index (κ1) is 22.0. The molecule has 7 heteroatoms. The maximum absolute atomic E-state index is 11.9. The van der Waals surface area contributed by atoms with Crippen molar-refractivity contribution in [3.05, 3.63) is 0 Å². The van der Waals surface area contributed by atoms with Crippen LogP contribution in [-0.4, -0.2) is 86.7 Å². The molecule has 0 aromatic rings. The van der Waals surface area contributed by atoms with Crippen LogP contribution in [0.25, 0.3) is 0 Å². The molecule has 0 radical (unpaired) electrons. The fourth-order valence-electron chi connectivity index (χ4n) is 3.60. The Morgan fingerprint density at radius 3 is 2.26 bits per heavy atom. The van der Waals surface area contributed by atoms with Crippen LogP contribution in [0.5, 0.6) is 0 Å². The number of piperidine rings is 1. The Morgan fingerprint density at radius 1 is 1.11 bits per heavy atom. The number of carbonyl (C=O) groups is 1. The minimum Gasteiger partial charge on any atom is -0.377 e. The molecule has 2 fully saturated rings. The second kappa shape index (κ2) is 11.5. The van der Waals surface area contributed by atoms with E-state index in [0.29, 0.717) is 18.2 Å². The standard InChI is InChI=1S/C20H39N5O2/c1-16(2)27-14-13-25-11-9-18(10-12-25)23-20(21-15-19(26)24(3)4)22-17-7-5-6-8-17/h16-18H,5-15H2,1-4H3,(H2,21,22,23). The van der Waals surface area contributed by atoms with Gasteiger partial charge in [-0.1, -0.05) is 12.8 Å². The Kier molecular flexibility index (Phi) is 9.34. The van der Waals surface area contributed by atoms with E-state index in [0.717, 1.165) is 45.0 Å². The summed E-state index contributed by atoms with van der Waals surface area (Å²) in [6.45, 7) is 8.31. The smallest absolute Gasteiger partial charge is 0.243 e. The average Bonchev–Trinajstić information content (AvgIpc) is 3.13. The summed E-state index contributed by atoms with van der Waals surface area (Å²) in [7, 11) is 3.54. The average molecular weight is 382 g/mol. The van der Waals surface area contributed by atoms with Crippen LogP contribution in [-0.2, 0) is 9.53 Å². The van der Waals surface area contributed by atoms with E-state index >= 15 is 0 Å². The van der Waals surface area contributed by atoms with Crippen LogP contribution in [0, 0.1) is 0 Å². The third-order valence-electron chi connectivity index (χ3n) is 5.35. The lowest BCUT2D eigenvalue weighted by Gasteiger charge is -2.33. The molecule has 0 aromatic heterocycles. The van der Waals surface area contributed by atoms with Crippen LogP contribution in [0.4, 0.5) is 0 Å². The molecule has 1 aliphatic heterocycles. The van der Waals surface area contributed by atoms with E-state index in [1.54, 1.807) is 19.0 Å². The van der Waals surface area contributed by atoms with Gasteiger partial charge < -0.3 is 25.2 Å². The third kappa shape index (κ3) is 8.47. The lowest BCUT2D eigenvalue weighted by Crippen LogP contribution is -2.51. The summed E-state index contributed by atoms with van der Waals surface area (Å²) in [5, 5.41) is 7.13. The van der Waals surface area contributed by atoms with Crippen LogP contribution in [0.3, 0.4) is 0 Å². The Balaban J connectivity index is 1.80. The minimum absolute atomic E-state index is 0.0301. The third-order valence-corrected chi connectivity index (χ3v) is 5.35. The molecule has 0 aromatic carbocycles. The number of hydrogen-bond donors (Lipinski definition) is 2. The maximum atomic E-state index is 11.9. The van der Waals surface area contributed by atoms with Gasteiger partial charge in [0.2, 0.25) is 5.91 Å². The monoisotopic (exact) mass is 381 g/mol. The molecule has 1 heterocycles. The Morgan fingerprint density at radius 2 is 1.70 bits per heavy atom. The van der Waals surface area contributed by atoms with Crippen LogP contribution in [0.15, 0.2) is 4.99 Å². The quantitative estimate of drug-likeness (QED) is 0.492. The van der Waals surface area contributed by atoms with Gasteiger partial charge in [-0.3, -0.25) is 4.79 Å². The molecular weight excluding hydrogens is 342 g/mol. The van der Waals surface area contributed by atoms with Gasteiger partial charge in [0.25, 0.3) is 0 Å². The summed E-state index contributed by atoms with van der Waals surface area (Å²) in [6.07, 6.45) is 7.42. The molecule has 0 bridgehead atoms. The summed E-state index contributed by atoms with van der Waals surface area (Å²) in [4.78, 5) is 20.5. The number of guanidine groups is 1. The molecule has 2 aliphatic rings. The van der Waals surface area contributed by atoms with Gasteiger partial charge in [0.1, 0.15) is 6.54 Å². The number of rotatable bonds is 8. The van der Waals surface area contributed by atoms with E-state index in [1.807, 2.05) is 0 Å². The molecule has 156 valence electrons. The molecular formula is C20H39N5O2. The number of nitrogens with zero attached hydrogens (tertiary/aromatic N) is 3. The van der Waals surface area contributed by atoms with Gasteiger partial charge in [-0.2, -0.15) is 0 Å². The predicted molar refractivity (Wildman–Crippen MR) is 110 cm³/mol. The Labute approximate surface area is 164 Å². The van der Waals surface area contributed by atoms with Crippen molar-refractivity contribution >= 4 is 11.9 Å². The first-order valence-corrected chi connectivity index (χ1v) is 10.6. The van der Waals surface area contributed by atoms with E-state index in [1.165, 1.54) is 25.7 Å². The highest BCUT2D eigenvalue weighted by Crippen LogP contribution is 2.17. The second-order valence-electron chi connectivity index (χ2n) is 8.26. The molecule has 0 unspecified atom stereocenters. The van der Waals surface area contributed by atoms with Gasteiger partial charge in [0, 0.05) is 45.8 Å². The highest BCUT2D eigenvalue weighted by atomic mass is 16.5. The normalized spacial score (nSPS) is 20.3. The van der Waals surface area contributed by atoms with Gasteiger partial charge in [0.15, 0.2) is 5.96 Å². The van der Waals surface area contributed by atoms with Crippen molar-refractivity contribution in [3.8, 4) is 0 Å². The van der Waals surface area contributed by atoms with Crippen molar-refractivity contribution < 1.29 is 9.53 Å². The molecule has 1 amide bonds. The van der Waals surface area contributed by atoms with Crippen molar-refractivity contribution in [2.45, 2.75) is 70.6 Å². The van der Waals surface area contributed by atoms with Gasteiger partial charge in [-0.05, 0) is 39.5 Å². The number of carbonyl (C=O) groups excluding carboxylic acids is 1. The number of nitrogens with one attached hydrogen (secondary N) is 2. The van der Waals surface area contributed by atoms with Crippen LogP contribution in [0.2, 0.25) is 0 Å². The molecule has 27 heavy (non-hydrogen) atoms. The largest absolute Gasteiger partial charge is 0.377 e. The number of amides is 1. The first-order chi connectivity index (χ1) is 12.9. The Hall–Kier alpha value is -1.34. The molecule has 2 rings (SSSR count). The molecule has 2 N–H and O–H groups in total. The predicted octanol–water partition coefficient (Wildman–Crippen LogP) is 1.44. The van der Waals surface area contributed by atoms with Gasteiger partial charge >= 0.3 is 0 Å². The number of aliphatic imine (C=N–C) groups is 1. The summed E-state index contributed by atoms with van der Waals surface area (Å²) in [6, 6.07) is 0.897. The number of ether oxygens (including phenoxy) is 1. The first-order valence-electron chi connectivity index (χ1n) is 10.6. The fraction of sp³-hybridized carbons (Fsp3) is 0.900. The molecule has 7 nitrogen and oxygen atoms in total. The van der Waals surface area contributed by atoms with E-state index in [4.69, 9.17) is 4.74 Å². The summed E-state index contributed by atoms with van der Waals surface area (Å²) in [5.41, 5.74) is 0. The number of hydrogen-bond acceptors (Lipinski definition) is 4. The zero-order chi connectivity index (χ0) is 19.6.